The van der Waals surface area contributed by atoms with Crippen LogP contribution in [0, 0.1) is 11.3 Å². The van der Waals surface area contributed by atoms with E-state index in [2.05, 4.69) is 20.8 Å². The van der Waals surface area contributed by atoms with Crippen molar-refractivity contribution in [2.45, 2.75) is 39.7 Å². The van der Waals surface area contributed by atoms with Crippen molar-refractivity contribution >= 4 is 0 Å². The molecule has 0 bridgehead atoms. The fraction of sp³-hybridized carbons (Fsp3) is 1.00. The second-order valence-electron chi connectivity index (χ2n) is 3.54. The Morgan fingerprint density at radius 1 is 1.78 bits per heavy atom. The third-order valence-electron chi connectivity index (χ3n) is 2.97. The summed E-state index contributed by atoms with van der Waals surface area (Å²) >= 11 is 0. The molecule has 3 unspecified atom stereocenters. The second kappa shape index (κ2) is 1.98. The Morgan fingerprint density at radius 2 is 2.22 bits per heavy atom. The predicted molar refractivity (Wildman–Crippen MR) is 38.2 cm³/mol. The second-order valence-corrected chi connectivity index (χ2v) is 3.54. The van der Waals surface area contributed by atoms with E-state index in [1.807, 2.05) is 0 Å². The van der Waals surface area contributed by atoms with Gasteiger partial charge in [0, 0.05) is 0 Å². The van der Waals surface area contributed by atoms with Gasteiger partial charge in [0.1, 0.15) is 0 Å². The van der Waals surface area contributed by atoms with Gasteiger partial charge >= 0.3 is 0 Å². The molecule has 0 heterocycles. The first-order valence-corrected chi connectivity index (χ1v) is 3.79. The quantitative estimate of drug-likeness (QED) is 0.601. The number of rotatable bonds is 2. The van der Waals surface area contributed by atoms with Crippen LogP contribution in [0.3, 0.4) is 0 Å². The summed E-state index contributed by atoms with van der Waals surface area (Å²) in [5, 5.41) is 9.19. The van der Waals surface area contributed by atoms with Gasteiger partial charge in [-0.2, -0.15) is 0 Å². The molecular weight excluding hydrogens is 112 g/mol. The van der Waals surface area contributed by atoms with Crippen molar-refractivity contribution in [2.24, 2.45) is 11.3 Å². The summed E-state index contributed by atoms with van der Waals surface area (Å²) in [5.74, 6) is 0.687. The minimum Gasteiger partial charge on any atom is -0.393 e. The van der Waals surface area contributed by atoms with Crippen LogP contribution in [-0.2, 0) is 0 Å². The summed E-state index contributed by atoms with van der Waals surface area (Å²) in [6.07, 6.45) is 2.20. The van der Waals surface area contributed by atoms with Crippen LogP contribution in [0.15, 0.2) is 0 Å². The highest BCUT2D eigenvalue weighted by Gasteiger charge is 2.51. The molecule has 0 aliphatic heterocycles. The molecule has 1 heteroatoms. The molecule has 9 heavy (non-hydrogen) atoms. The number of hydrogen-bond acceptors (Lipinski definition) is 1. The van der Waals surface area contributed by atoms with Crippen molar-refractivity contribution in [1.82, 2.24) is 0 Å². The van der Waals surface area contributed by atoms with E-state index in [0.29, 0.717) is 5.92 Å². The maximum absolute atomic E-state index is 9.19. The van der Waals surface area contributed by atoms with Crippen molar-refractivity contribution in [3.63, 3.8) is 0 Å². The summed E-state index contributed by atoms with van der Waals surface area (Å²) in [6, 6.07) is 0. The third kappa shape index (κ3) is 0.983. The highest BCUT2D eigenvalue weighted by molar-refractivity contribution is 5.01. The van der Waals surface area contributed by atoms with Gasteiger partial charge in [0.2, 0.25) is 0 Å². The number of aliphatic hydroxyl groups is 1. The van der Waals surface area contributed by atoms with E-state index in [1.165, 1.54) is 6.42 Å². The Labute approximate surface area is 57.1 Å². The molecule has 0 aromatic carbocycles. The summed E-state index contributed by atoms with van der Waals surface area (Å²) in [7, 11) is 0. The normalized spacial score (nSPS) is 44.7. The summed E-state index contributed by atoms with van der Waals surface area (Å²) in [4.78, 5) is 0. The molecular formula is C8H16O. The topological polar surface area (TPSA) is 20.2 Å². The fourth-order valence-electron chi connectivity index (χ4n) is 1.35. The lowest BCUT2D eigenvalue weighted by atomic mass is 9.90. The molecule has 0 radical (unpaired) electrons. The first kappa shape index (κ1) is 7.07. The number of aliphatic hydroxyl groups excluding tert-OH is 1. The van der Waals surface area contributed by atoms with Gasteiger partial charge in [-0.3, -0.25) is 0 Å². The van der Waals surface area contributed by atoms with E-state index in [1.54, 1.807) is 0 Å². The van der Waals surface area contributed by atoms with Crippen molar-refractivity contribution in [1.29, 1.82) is 0 Å². The molecule has 1 rings (SSSR count). The summed E-state index contributed by atoms with van der Waals surface area (Å²) in [6.45, 7) is 6.57. The average molecular weight is 128 g/mol. The van der Waals surface area contributed by atoms with Crippen LogP contribution < -0.4 is 0 Å². The molecule has 1 aliphatic carbocycles. The van der Waals surface area contributed by atoms with Gasteiger partial charge in [-0.15, -0.1) is 0 Å². The van der Waals surface area contributed by atoms with Gasteiger partial charge in [-0.05, 0) is 17.8 Å². The zero-order valence-electron chi connectivity index (χ0n) is 6.52. The van der Waals surface area contributed by atoms with Gasteiger partial charge in [0.25, 0.3) is 0 Å². The molecule has 0 aromatic heterocycles. The predicted octanol–water partition coefficient (Wildman–Crippen LogP) is 1.80. The Kier molecular flexibility index (Phi) is 1.55. The molecule has 1 saturated carbocycles. The molecule has 0 amide bonds. The Balaban J connectivity index is 2.43. The van der Waals surface area contributed by atoms with Crippen LogP contribution >= 0.6 is 0 Å². The minimum absolute atomic E-state index is 0.00699. The highest BCUT2D eigenvalue weighted by Crippen LogP contribution is 2.52. The van der Waals surface area contributed by atoms with E-state index in [-0.39, 0.29) is 11.5 Å². The van der Waals surface area contributed by atoms with Gasteiger partial charge in [-0.25, -0.2) is 0 Å². The van der Waals surface area contributed by atoms with E-state index in [4.69, 9.17) is 0 Å². The fourth-order valence-corrected chi connectivity index (χ4v) is 1.35. The Hall–Kier alpha value is -0.0400. The summed E-state index contributed by atoms with van der Waals surface area (Å²) < 4.78 is 0. The van der Waals surface area contributed by atoms with Crippen molar-refractivity contribution in [2.75, 3.05) is 0 Å². The van der Waals surface area contributed by atoms with E-state index in [9.17, 15) is 5.11 Å². The largest absolute Gasteiger partial charge is 0.393 e. The molecule has 54 valence electrons. The van der Waals surface area contributed by atoms with E-state index >= 15 is 0 Å². The standard InChI is InChI=1S/C8H16O/c1-4-6(2)8(3)5-7(8)9/h6-7,9H,4-5H2,1-3H3. The highest BCUT2D eigenvalue weighted by atomic mass is 16.3. The molecule has 1 aliphatic rings. The maximum Gasteiger partial charge on any atom is 0.0603 e. The van der Waals surface area contributed by atoms with Crippen LogP contribution in [0.2, 0.25) is 0 Å². The van der Waals surface area contributed by atoms with Gasteiger partial charge in [0.15, 0.2) is 0 Å². The van der Waals surface area contributed by atoms with E-state index in [0.717, 1.165) is 6.42 Å². The minimum atomic E-state index is -0.00699. The zero-order chi connectivity index (χ0) is 7.07. The van der Waals surface area contributed by atoms with Crippen LogP contribution in [0.4, 0.5) is 0 Å². The lowest BCUT2D eigenvalue weighted by molar-refractivity contribution is 0.189. The monoisotopic (exact) mass is 128 g/mol. The smallest absolute Gasteiger partial charge is 0.0603 e. The molecule has 1 N–H and O–H groups in total. The van der Waals surface area contributed by atoms with Crippen LogP contribution in [0.1, 0.15) is 33.6 Å². The van der Waals surface area contributed by atoms with E-state index < -0.39 is 0 Å². The van der Waals surface area contributed by atoms with Gasteiger partial charge in [0.05, 0.1) is 6.10 Å². The first-order valence-electron chi connectivity index (χ1n) is 3.79. The molecule has 1 nitrogen and oxygen atoms in total. The summed E-state index contributed by atoms with van der Waals surface area (Å²) in [5.41, 5.74) is 0.273. The number of hydrogen-bond donors (Lipinski definition) is 1. The zero-order valence-corrected chi connectivity index (χ0v) is 6.52. The molecule has 0 spiro atoms. The maximum atomic E-state index is 9.19. The SMILES string of the molecule is CCC(C)C1(C)CC1O. The van der Waals surface area contributed by atoms with Crippen molar-refractivity contribution in [3.05, 3.63) is 0 Å². The van der Waals surface area contributed by atoms with Crippen molar-refractivity contribution in [3.8, 4) is 0 Å². The first-order chi connectivity index (χ1) is 4.11. The van der Waals surface area contributed by atoms with Crippen LogP contribution in [-0.4, -0.2) is 11.2 Å². The van der Waals surface area contributed by atoms with Crippen LogP contribution in [0.25, 0.3) is 0 Å². The lowest BCUT2D eigenvalue weighted by Crippen LogP contribution is -2.11. The van der Waals surface area contributed by atoms with Crippen molar-refractivity contribution < 1.29 is 5.11 Å². The Morgan fingerprint density at radius 3 is 2.33 bits per heavy atom. The molecule has 3 atom stereocenters. The van der Waals surface area contributed by atoms with Gasteiger partial charge in [-0.1, -0.05) is 27.2 Å². The van der Waals surface area contributed by atoms with Gasteiger partial charge < -0.3 is 5.11 Å². The average Bonchev–Trinajstić information content (AvgIpc) is 2.41. The molecule has 0 saturated heterocycles. The third-order valence-corrected chi connectivity index (χ3v) is 2.97. The Bertz CT molecular complexity index is 111. The lowest BCUT2D eigenvalue weighted by Gasteiger charge is -2.16. The molecule has 0 aromatic rings. The molecule has 1 fully saturated rings. The van der Waals surface area contributed by atoms with Crippen LogP contribution in [0.5, 0.6) is 0 Å².